The number of halogens is 2. The molecule has 1 fully saturated rings. The van der Waals surface area contributed by atoms with Gasteiger partial charge in [-0.05, 0) is 59.3 Å². The molecule has 2 aliphatic carbocycles. The fourth-order valence-corrected chi connectivity index (χ4v) is 5.27. The summed E-state index contributed by atoms with van der Waals surface area (Å²) in [5.74, 6) is -0.357. The molecule has 164 valence electrons. The van der Waals surface area contributed by atoms with Crippen LogP contribution in [0.15, 0.2) is 46.2 Å². The third kappa shape index (κ3) is 3.71. The van der Waals surface area contributed by atoms with Gasteiger partial charge in [0.25, 0.3) is 0 Å². The van der Waals surface area contributed by atoms with Crippen molar-refractivity contribution >= 4 is 50.5 Å². The van der Waals surface area contributed by atoms with Gasteiger partial charge in [0.05, 0.1) is 28.0 Å². The molecule has 2 aliphatic rings. The minimum Gasteiger partial charge on any atom is -0.481 e. The summed E-state index contributed by atoms with van der Waals surface area (Å²) < 4.78 is 2.35. The van der Waals surface area contributed by atoms with Gasteiger partial charge in [-0.1, -0.05) is 23.7 Å². The Balaban J connectivity index is 1.49. The highest BCUT2D eigenvalue weighted by Gasteiger charge is 2.30. The van der Waals surface area contributed by atoms with Gasteiger partial charge in [-0.2, -0.15) is 9.61 Å². The molecule has 1 saturated carbocycles. The number of fused-ring (bicyclic) bond motifs is 1. The standard InChI is InChI=1S/C23H21BrClN5O2/c24-19-20(12-1-3-13(4-2-12)23(31)32)29-22-17(11-28-30(22)21(19)26)15-6-8-18(27-10-15)14-5-7-16(25)9-14/h5-6,8-13H,1-4,7,26H2,(H,31,32). The van der Waals surface area contributed by atoms with E-state index in [0.29, 0.717) is 24.3 Å². The van der Waals surface area contributed by atoms with E-state index in [0.717, 1.165) is 56.9 Å². The van der Waals surface area contributed by atoms with E-state index in [9.17, 15) is 9.90 Å². The molecule has 9 heteroatoms. The van der Waals surface area contributed by atoms with Crippen LogP contribution in [-0.2, 0) is 4.79 Å². The summed E-state index contributed by atoms with van der Waals surface area (Å²) in [6.07, 6.45) is 11.1. The Morgan fingerprint density at radius 3 is 2.62 bits per heavy atom. The van der Waals surface area contributed by atoms with Crippen LogP contribution in [0.4, 0.5) is 5.82 Å². The smallest absolute Gasteiger partial charge is 0.306 e. The Kier molecular flexibility index (Phi) is 5.51. The summed E-state index contributed by atoms with van der Waals surface area (Å²) in [6, 6.07) is 3.96. The van der Waals surface area contributed by atoms with Crippen molar-refractivity contribution in [3.8, 4) is 11.1 Å². The van der Waals surface area contributed by atoms with Crippen LogP contribution in [0, 0.1) is 5.92 Å². The number of carboxylic acid groups (broad SMARTS) is 1. The molecule has 5 rings (SSSR count). The molecule has 0 amide bonds. The maximum absolute atomic E-state index is 11.3. The highest BCUT2D eigenvalue weighted by molar-refractivity contribution is 9.10. The lowest BCUT2D eigenvalue weighted by Crippen LogP contribution is -2.21. The maximum Gasteiger partial charge on any atom is 0.306 e. The van der Waals surface area contributed by atoms with E-state index in [2.05, 4.69) is 32.1 Å². The molecule has 3 aromatic rings. The van der Waals surface area contributed by atoms with Crippen molar-refractivity contribution in [2.75, 3.05) is 5.73 Å². The molecule has 7 nitrogen and oxygen atoms in total. The van der Waals surface area contributed by atoms with Gasteiger partial charge in [-0.25, -0.2) is 4.98 Å². The highest BCUT2D eigenvalue weighted by Crippen LogP contribution is 2.40. The van der Waals surface area contributed by atoms with E-state index in [4.69, 9.17) is 22.3 Å². The normalized spacial score (nSPS) is 20.9. The Morgan fingerprint density at radius 1 is 1.22 bits per heavy atom. The number of rotatable bonds is 4. The van der Waals surface area contributed by atoms with Gasteiger partial charge in [-0.3, -0.25) is 9.78 Å². The molecule has 0 radical (unpaired) electrons. The summed E-state index contributed by atoms with van der Waals surface area (Å²) in [5, 5.41) is 14.5. The van der Waals surface area contributed by atoms with E-state index < -0.39 is 5.97 Å². The van der Waals surface area contributed by atoms with Crippen LogP contribution in [0.5, 0.6) is 0 Å². The van der Waals surface area contributed by atoms with Crippen LogP contribution < -0.4 is 5.73 Å². The van der Waals surface area contributed by atoms with Gasteiger partial charge in [0.15, 0.2) is 5.65 Å². The van der Waals surface area contributed by atoms with E-state index >= 15 is 0 Å². The highest BCUT2D eigenvalue weighted by atomic mass is 79.9. The largest absolute Gasteiger partial charge is 0.481 e. The number of aromatic nitrogens is 4. The van der Waals surface area contributed by atoms with Crippen LogP contribution in [0.3, 0.4) is 0 Å². The Bertz CT molecular complexity index is 1270. The second-order valence-corrected chi connectivity index (χ2v) is 9.54. The quantitative estimate of drug-likeness (QED) is 0.482. The first-order valence-corrected chi connectivity index (χ1v) is 11.7. The van der Waals surface area contributed by atoms with Crippen LogP contribution in [0.1, 0.15) is 49.4 Å². The summed E-state index contributed by atoms with van der Waals surface area (Å²) in [6.45, 7) is 0. The van der Waals surface area contributed by atoms with E-state index in [1.807, 2.05) is 24.4 Å². The predicted octanol–water partition coefficient (Wildman–Crippen LogP) is 5.40. The van der Waals surface area contributed by atoms with Gasteiger partial charge in [0.2, 0.25) is 0 Å². The first-order chi connectivity index (χ1) is 15.4. The average molecular weight is 515 g/mol. The number of nitrogens with two attached hydrogens (primary N) is 1. The zero-order valence-corrected chi connectivity index (χ0v) is 19.5. The van der Waals surface area contributed by atoms with Crippen molar-refractivity contribution in [3.05, 3.63) is 57.6 Å². The van der Waals surface area contributed by atoms with Crippen molar-refractivity contribution in [2.24, 2.45) is 5.92 Å². The number of nitrogen functional groups attached to an aromatic ring is 1. The maximum atomic E-state index is 11.3. The van der Waals surface area contributed by atoms with Crippen LogP contribution in [0.25, 0.3) is 22.3 Å². The van der Waals surface area contributed by atoms with E-state index in [1.165, 1.54) is 0 Å². The van der Waals surface area contributed by atoms with Gasteiger partial charge >= 0.3 is 5.97 Å². The third-order valence-corrected chi connectivity index (χ3v) is 7.39. The number of nitrogens with zero attached hydrogens (tertiary/aromatic N) is 4. The Labute approximate surface area is 198 Å². The van der Waals surface area contributed by atoms with Gasteiger partial charge in [-0.15, -0.1) is 0 Å². The molecule has 0 aromatic carbocycles. The fraction of sp³-hybridized carbons (Fsp3) is 0.304. The lowest BCUT2D eigenvalue weighted by atomic mass is 9.80. The fourth-order valence-electron chi connectivity index (χ4n) is 4.50. The first-order valence-electron chi connectivity index (χ1n) is 10.5. The number of aliphatic carboxylic acids is 1. The summed E-state index contributed by atoms with van der Waals surface area (Å²) in [7, 11) is 0. The number of hydrogen-bond acceptors (Lipinski definition) is 5. The van der Waals surface area contributed by atoms with Crippen molar-refractivity contribution in [1.82, 2.24) is 19.6 Å². The van der Waals surface area contributed by atoms with Crippen molar-refractivity contribution in [1.29, 1.82) is 0 Å². The molecule has 0 bridgehead atoms. The molecule has 0 atom stereocenters. The number of carboxylic acids is 1. The van der Waals surface area contributed by atoms with Crippen LogP contribution in [0.2, 0.25) is 0 Å². The topological polar surface area (TPSA) is 106 Å². The molecule has 3 heterocycles. The summed E-state index contributed by atoms with van der Waals surface area (Å²) in [4.78, 5) is 20.8. The molecule has 0 unspecified atom stereocenters. The molecule has 0 spiro atoms. The van der Waals surface area contributed by atoms with E-state index in [1.54, 1.807) is 10.7 Å². The van der Waals surface area contributed by atoms with E-state index in [-0.39, 0.29) is 11.8 Å². The lowest BCUT2D eigenvalue weighted by molar-refractivity contribution is -0.142. The van der Waals surface area contributed by atoms with Crippen molar-refractivity contribution < 1.29 is 9.90 Å². The van der Waals surface area contributed by atoms with Crippen molar-refractivity contribution in [2.45, 2.75) is 38.0 Å². The number of carbonyl (C=O) groups is 1. The molecule has 3 N–H and O–H groups in total. The second-order valence-electron chi connectivity index (χ2n) is 8.26. The number of anilines is 1. The van der Waals surface area contributed by atoms with Crippen molar-refractivity contribution in [3.63, 3.8) is 0 Å². The second kappa shape index (κ2) is 8.33. The Hall–Kier alpha value is -2.71. The number of allylic oxidation sites excluding steroid dienone is 4. The average Bonchev–Trinajstić information content (AvgIpc) is 3.43. The van der Waals surface area contributed by atoms with Crippen LogP contribution >= 0.6 is 27.5 Å². The zero-order valence-electron chi connectivity index (χ0n) is 17.1. The molecule has 3 aromatic heterocycles. The van der Waals surface area contributed by atoms with Gasteiger partial charge in [0, 0.05) is 34.7 Å². The molecule has 0 saturated heterocycles. The number of pyridine rings is 1. The summed E-state index contributed by atoms with van der Waals surface area (Å²) >= 11 is 9.68. The summed E-state index contributed by atoms with van der Waals surface area (Å²) in [5.41, 5.74) is 11.5. The molecule has 0 aliphatic heterocycles. The van der Waals surface area contributed by atoms with Crippen LogP contribution in [-0.4, -0.2) is 30.7 Å². The molecule has 32 heavy (non-hydrogen) atoms. The Morgan fingerprint density at radius 2 is 2.00 bits per heavy atom. The lowest BCUT2D eigenvalue weighted by Gasteiger charge is -2.26. The SMILES string of the molecule is Nc1c(Br)c(C2CCC(C(=O)O)CC2)nc2c(-c3ccc(C4=CCC(Cl)=C4)nc3)cnn12. The number of hydrogen-bond donors (Lipinski definition) is 2. The van der Waals surface area contributed by atoms with Gasteiger partial charge < -0.3 is 10.8 Å². The zero-order chi connectivity index (χ0) is 22.4. The third-order valence-electron chi connectivity index (χ3n) is 6.31. The van der Waals surface area contributed by atoms with Gasteiger partial charge in [0.1, 0.15) is 5.82 Å². The minimum atomic E-state index is -0.717. The first kappa shape index (κ1) is 21.2. The molecular formula is C23H21BrClN5O2. The minimum absolute atomic E-state index is 0.154. The molecular weight excluding hydrogens is 494 g/mol. The predicted molar refractivity (Wildman–Crippen MR) is 127 cm³/mol. The monoisotopic (exact) mass is 513 g/mol.